The van der Waals surface area contributed by atoms with Crippen molar-refractivity contribution in [1.29, 1.82) is 0 Å². The van der Waals surface area contributed by atoms with E-state index in [0.717, 1.165) is 12.1 Å². The maximum atomic E-state index is 4.72. The molecule has 1 heterocycles. The zero-order valence-corrected chi connectivity index (χ0v) is 13.4. The minimum Gasteiger partial charge on any atom is -0.256 e. The molecule has 110 valence electrons. The molecule has 0 atom stereocenters. The van der Waals surface area contributed by atoms with Gasteiger partial charge in [-0.2, -0.15) is 0 Å². The van der Waals surface area contributed by atoms with Crippen molar-refractivity contribution < 1.29 is 0 Å². The quantitative estimate of drug-likeness (QED) is 0.611. The van der Waals surface area contributed by atoms with Crippen molar-refractivity contribution in [3.8, 4) is 22.4 Å². The third-order valence-electron chi connectivity index (χ3n) is 4.15. The molecular formula is C21H21N. The first-order valence-corrected chi connectivity index (χ1v) is 7.81. The number of aromatic nitrogens is 1. The van der Waals surface area contributed by atoms with E-state index >= 15 is 0 Å². The lowest BCUT2D eigenvalue weighted by atomic mass is 9.97. The van der Waals surface area contributed by atoms with E-state index < -0.39 is 0 Å². The lowest BCUT2D eigenvalue weighted by Crippen LogP contribution is -1.93. The largest absolute Gasteiger partial charge is 0.256 e. The Morgan fingerprint density at radius 1 is 0.864 bits per heavy atom. The highest BCUT2D eigenvalue weighted by molar-refractivity contribution is 5.71. The SMILES string of the molecule is CCc1ccccc1-c1cc(C)c(-c2ccc(C)cc2)cn1. The summed E-state index contributed by atoms with van der Waals surface area (Å²) in [5, 5.41) is 0. The van der Waals surface area contributed by atoms with Crippen LogP contribution < -0.4 is 0 Å². The Morgan fingerprint density at radius 2 is 1.59 bits per heavy atom. The number of hydrogen-bond donors (Lipinski definition) is 0. The fourth-order valence-corrected chi connectivity index (χ4v) is 2.82. The van der Waals surface area contributed by atoms with Gasteiger partial charge in [0, 0.05) is 17.3 Å². The summed E-state index contributed by atoms with van der Waals surface area (Å²) in [5.74, 6) is 0. The summed E-state index contributed by atoms with van der Waals surface area (Å²) in [4.78, 5) is 4.72. The molecule has 0 aliphatic rings. The highest BCUT2D eigenvalue weighted by Gasteiger charge is 2.08. The smallest absolute Gasteiger partial charge is 0.0707 e. The third-order valence-corrected chi connectivity index (χ3v) is 4.15. The molecule has 2 aromatic carbocycles. The molecule has 0 aliphatic carbocycles. The van der Waals surface area contributed by atoms with Crippen LogP contribution in [0.15, 0.2) is 60.8 Å². The summed E-state index contributed by atoms with van der Waals surface area (Å²) in [6.07, 6.45) is 3.03. The van der Waals surface area contributed by atoms with Crippen molar-refractivity contribution in [3.63, 3.8) is 0 Å². The van der Waals surface area contributed by atoms with Crippen LogP contribution in [0.4, 0.5) is 0 Å². The van der Waals surface area contributed by atoms with Crippen molar-refractivity contribution in [2.75, 3.05) is 0 Å². The average Bonchev–Trinajstić information content (AvgIpc) is 2.56. The third kappa shape index (κ3) is 2.80. The maximum Gasteiger partial charge on any atom is 0.0707 e. The fourth-order valence-electron chi connectivity index (χ4n) is 2.82. The van der Waals surface area contributed by atoms with Gasteiger partial charge in [-0.1, -0.05) is 61.0 Å². The topological polar surface area (TPSA) is 12.9 Å². The molecule has 0 N–H and O–H groups in total. The van der Waals surface area contributed by atoms with Crippen LogP contribution in [0.1, 0.15) is 23.6 Å². The molecule has 3 rings (SSSR count). The molecule has 1 aromatic heterocycles. The molecule has 0 fully saturated rings. The van der Waals surface area contributed by atoms with Crippen LogP contribution in [0.2, 0.25) is 0 Å². The summed E-state index contributed by atoms with van der Waals surface area (Å²) >= 11 is 0. The zero-order chi connectivity index (χ0) is 15.5. The lowest BCUT2D eigenvalue weighted by Gasteiger charge is -2.11. The molecule has 0 unspecified atom stereocenters. The second-order valence-corrected chi connectivity index (χ2v) is 5.76. The second kappa shape index (κ2) is 6.15. The Labute approximate surface area is 132 Å². The summed E-state index contributed by atoms with van der Waals surface area (Å²) in [5.41, 5.74) is 8.62. The molecular weight excluding hydrogens is 266 g/mol. The van der Waals surface area contributed by atoms with E-state index in [0.29, 0.717) is 0 Å². The summed E-state index contributed by atoms with van der Waals surface area (Å²) in [6.45, 7) is 6.46. The van der Waals surface area contributed by atoms with E-state index in [2.05, 4.69) is 75.4 Å². The fraction of sp³-hybridized carbons (Fsp3) is 0.190. The van der Waals surface area contributed by atoms with Crippen molar-refractivity contribution in [2.45, 2.75) is 27.2 Å². The van der Waals surface area contributed by atoms with Gasteiger partial charge in [0.2, 0.25) is 0 Å². The minimum absolute atomic E-state index is 1.02. The molecule has 0 saturated heterocycles. The molecule has 1 heteroatoms. The van der Waals surface area contributed by atoms with E-state index in [1.54, 1.807) is 0 Å². The molecule has 0 radical (unpaired) electrons. The second-order valence-electron chi connectivity index (χ2n) is 5.76. The predicted octanol–water partition coefficient (Wildman–Crippen LogP) is 5.59. The predicted molar refractivity (Wildman–Crippen MR) is 94.0 cm³/mol. The zero-order valence-electron chi connectivity index (χ0n) is 13.4. The van der Waals surface area contributed by atoms with Crippen LogP contribution in [0.25, 0.3) is 22.4 Å². The molecule has 0 amide bonds. The van der Waals surface area contributed by atoms with Crippen molar-refractivity contribution >= 4 is 0 Å². The number of rotatable bonds is 3. The molecule has 0 saturated carbocycles. The average molecular weight is 287 g/mol. The van der Waals surface area contributed by atoms with Crippen LogP contribution in [0, 0.1) is 13.8 Å². The van der Waals surface area contributed by atoms with Crippen LogP contribution >= 0.6 is 0 Å². The molecule has 22 heavy (non-hydrogen) atoms. The molecule has 0 bridgehead atoms. The van der Waals surface area contributed by atoms with Crippen molar-refractivity contribution in [3.05, 3.63) is 77.5 Å². The van der Waals surface area contributed by atoms with Gasteiger partial charge >= 0.3 is 0 Å². The van der Waals surface area contributed by atoms with Crippen LogP contribution in [-0.4, -0.2) is 4.98 Å². The minimum atomic E-state index is 1.02. The van der Waals surface area contributed by atoms with Gasteiger partial charge < -0.3 is 0 Å². The van der Waals surface area contributed by atoms with E-state index in [-0.39, 0.29) is 0 Å². The first kappa shape index (κ1) is 14.5. The summed E-state index contributed by atoms with van der Waals surface area (Å²) < 4.78 is 0. The number of hydrogen-bond acceptors (Lipinski definition) is 1. The molecule has 1 nitrogen and oxygen atoms in total. The van der Waals surface area contributed by atoms with Gasteiger partial charge in [0.25, 0.3) is 0 Å². The number of aryl methyl sites for hydroxylation is 3. The van der Waals surface area contributed by atoms with Gasteiger partial charge in [0.15, 0.2) is 0 Å². The van der Waals surface area contributed by atoms with Crippen molar-refractivity contribution in [2.24, 2.45) is 0 Å². The Balaban J connectivity index is 2.04. The van der Waals surface area contributed by atoms with Crippen molar-refractivity contribution in [1.82, 2.24) is 4.98 Å². The van der Waals surface area contributed by atoms with Crippen LogP contribution in [0.3, 0.4) is 0 Å². The number of nitrogens with zero attached hydrogens (tertiary/aromatic N) is 1. The highest BCUT2D eigenvalue weighted by Crippen LogP contribution is 2.28. The summed E-state index contributed by atoms with van der Waals surface area (Å²) in [7, 11) is 0. The molecule has 0 spiro atoms. The van der Waals surface area contributed by atoms with E-state index in [1.165, 1.54) is 33.4 Å². The number of pyridine rings is 1. The monoisotopic (exact) mass is 287 g/mol. The Kier molecular flexibility index (Phi) is 4.06. The molecule has 0 aliphatic heterocycles. The Bertz CT molecular complexity index is 785. The van der Waals surface area contributed by atoms with Gasteiger partial charge in [-0.3, -0.25) is 4.98 Å². The maximum absolute atomic E-state index is 4.72. The highest BCUT2D eigenvalue weighted by atomic mass is 14.7. The van der Waals surface area contributed by atoms with Gasteiger partial charge in [-0.15, -0.1) is 0 Å². The van der Waals surface area contributed by atoms with Gasteiger partial charge in [0.05, 0.1) is 5.69 Å². The number of benzene rings is 2. The van der Waals surface area contributed by atoms with Gasteiger partial charge in [0.1, 0.15) is 0 Å². The standard InChI is InChI=1S/C21H21N/c1-4-17-7-5-6-8-19(17)21-13-16(3)20(14-22-21)18-11-9-15(2)10-12-18/h5-14H,4H2,1-3H3. The van der Waals surface area contributed by atoms with E-state index in [1.807, 2.05) is 6.20 Å². The first-order chi connectivity index (χ1) is 10.7. The Hall–Kier alpha value is -2.41. The first-order valence-electron chi connectivity index (χ1n) is 7.81. The van der Waals surface area contributed by atoms with E-state index in [4.69, 9.17) is 4.98 Å². The van der Waals surface area contributed by atoms with Gasteiger partial charge in [-0.25, -0.2) is 0 Å². The normalized spacial score (nSPS) is 10.7. The summed E-state index contributed by atoms with van der Waals surface area (Å²) in [6, 6.07) is 19.3. The molecule has 3 aromatic rings. The lowest BCUT2D eigenvalue weighted by molar-refractivity contribution is 1.13. The van der Waals surface area contributed by atoms with E-state index in [9.17, 15) is 0 Å². The van der Waals surface area contributed by atoms with Gasteiger partial charge in [-0.05, 0) is 43.0 Å². The van der Waals surface area contributed by atoms with Crippen LogP contribution in [-0.2, 0) is 6.42 Å². The van der Waals surface area contributed by atoms with Crippen LogP contribution in [0.5, 0.6) is 0 Å². The Morgan fingerprint density at radius 3 is 2.27 bits per heavy atom.